The monoisotopic (exact) mass is 271 g/mol. The van der Waals surface area contributed by atoms with Crippen molar-refractivity contribution in [2.75, 3.05) is 11.1 Å². The molecule has 0 aliphatic heterocycles. The first-order valence-corrected chi connectivity index (χ1v) is 7.41. The summed E-state index contributed by atoms with van der Waals surface area (Å²) >= 11 is 0. The lowest BCUT2D eigenvalue weighted by atomic mass is 9.98. The number of benzene rings is 1. The van der Waals surface area contributed by atoms with E-state index >= 15 is 0 Å². The molecule has 0 spiro atoms. The third kappa shape index (κ3) is 3.89. The maximum absolute atomic E-state index is 11.2. The van der Waals surface area contributed by atoms with Crippen LogP contribution in [-0.2, 0) is 10.0 Å². The molecule has 0 saturated heterocycles. The van der Waals surface area contributed by atoms with Crippen LogP contribution in [0.4, 0.5) is 11.4 Å². The van der Waals surface area contributed by atoms with Gasteiger partial charge in [-0.05, 0) is 38.5 Å². The lowest BCUT2D eigenvalue weighted by Gasteiger charge is -2.28. The van der Waals surface area contributed by atoms with Crippen LogP contribution in [0.2, 0.25) is 0 Å². The molecule has 0 aromatic heterocycles. The van der Waals surface area contributed by atoms with Crippen molar-refractivity contribution in [1.29, 1.82) is 0 Å². The summed E-state index contributed by atoms with van der Waals surface area (Å²) in [6, 6.07) is 4.47. The summed E-state index contributed by atoms with van der Waals surface area (Å²) in [6.07, 6.45) is 2.04. The Morgan fingerprint density at radius 1 is 1.33 bits per heavy atom. The molecule has 18 heavy (non-hydrogen) atoms. The third-order valence-electron chi connectivity index (χ3n) is 2.70. The normalized spacial score (nSPS) is 12.4. The fourth-order valence-corrected chi connectivity index (χ4v) is 2.43. The Hall–Kier alpha value is -1.27. The highest BCUT2D eigenvalue weighted by Crippen LogP contribution is 2.26. The molecule has 0 amide bonds. The van der Waals surface area contributed by atoms with Crippen LogP contribution in [0.3, 0.4) is 0 Å². The maximum Gasteiger partial charge on any atom is 0.238 e. The molecule has 102 valence electrons. The molecular weight excluding hydrogens is 250 g/mol. The smallest absolute Gasteiger partial charge is 0.238 e. The van der Waals surface area contributed by atoms with Crippen molar-refractivity contribution in [1.82, 2.24) is 0 Å². The van der Waals surface area contributed by atoms with Gasteiger partial charge in [-0.3, -0.25) is 0 Å². The second-order valence-corrected chi connectivity index (χ2v) is 6.61. The van der Waals surface area contributed by atoms with Crippen molar-refractivity contribution in [2.45, 2.75) is 44.0 Å². The van der Waals surface area contributed by atoms with E-state index in [2.05, 4.69) is 26.1 Å². The molecule has 5 N–H and O–H groups in total. The van der Waals surface area contributed by atoms with E-state index in [1.807, 2.05) is 0 Å². The Bertz CT molecular complexity index is 524. The zero-order chi connectivity index (χ0) is 14.0. The minimum atomic E-state index is -3.70. The molecule has 0 radical (unpaired) electrons. The molecular formula is C12H21N3O2S. The predicted molar refractivity (Wildman–Crippen MR) is 74.8 cm³/mol. The molecule has 0 heterocycles. The van der Waals surface area contributed by atoms with E-state index in [0.717, 1.165) is 18.5 Å². The number of primary sulfonamides is 1. The van der Waals surface area contributed by atoms with Crippen LogP contribution in [0.15, 0.2) is 23.1 Å². The Balaban J connectivity index is 3.00. The van der Waals surface area contributed by atoms with Gasteiger partial charge < -0.3 is 11.1 Å². The van der Waals surface area contributed by atoms with Crippen molar-refractivity contribution < 1.29 is 8.42 Å². The predicted octanol–water partition coefficient (Wildman–Crippen LogP) is 1.91. The van der Waals surface area contributed by atoms with Crippen molar-refractivity contribution in [3.63, 3.8) is 0 Å². The minimum Gasteiger partial charge on any atom is -0.397 e. The van der Waals surface area contributed by atoms with E-state index < -0.39 is 10.0 Å². The van der Waals surface area contributed by atoms with Gasteiger partial charge in [0.05, 0.1) is 16.3 Å². The standard InChI is InChI=1S/C12H21N3O2S/c1-4-7-12(2,3)15-11-6-5-9(8-10(11)13)18(14,16)17/h5-6,8,15H,4,7,13H2,1-3H3,(H2,14,16,17). The number of hydrogen-bond donors (Lipinski definition) is 3. The van der Waals surface area contributed by atoms with E-state index in [1.165, 1.54) is 12.1 Å². The Morgan fingerprint density at radius 3 is 2.39 bits per heavy atom. The van der Waals surface area contributed by atoms with Gasteiger partial charge in [0.25, 0.3) is 0 Å². The van der Waals surface area contributed by atoms with Gasteiger partial charge in [-0.1, -0.05) is 13.3 Å². The SMILES string of the molecule is CCCC(C)(C)Nc1ccc(S(N)(=O)=O)cc1N. The van der Waals surface area contributed by atoms with E-state index in [0.29, 0.717) is 5.69 Å². The van der Waals surface area contributed by atoms with Gasteiger partial charge in [0, 0.05) is 5.54 Å². The van der Waals surface area contributed by atoms with Crippen LogP contribution < -0.4 is 16.2 Å². The Morgan fingerprint density at radius 2 is 1.94 bits per heavy atom. The minimum absolute atomic E-state index is 0.0267. The maximum atomic E-state index is 11.2. The van der Waals surface area contributed by atoms with Crippen molar-refractivity contribution >= 4 is 21.4 Å². The summed E-state index contributed by atoms with van der Waals surface area (Å²) in [5, 5.41) is 8.35. The van der Waals surface area contributed by atoms with Crippen LogP contribution in [0, 0.1) is 0 Å². The fraction of sp³-hybridized carbons (Fsp3) is 0.500. The summed E-state index contributed by atoms with van der Waals surface area (Å²) in [6.45, 7) is 6.25. The quantitative estimate of drug-likeness (QED) is 0.712. The molecule has 1 aromatic carbocycles. The first-order valence-electron chi connectivity index (χ1n) is 5.86. The summed E-state index contributed by atoms with van der Waals surface area (Å²) in [7, 11) is -3.70. The van der Waals surface area contributed by atoms with E-state index in [9.17, 15) is 8.42 Å². The molecule has 0 aliphatic rings. The van der Waals surface area contributed by atoms with Crippen molar-refractivity contribution in [2.24, 2.45) is 5.14 Å². The van der Waals surface area contributed by atoms with E-state index in [4.69, 9.17) is 10.9 Å². The first kappa shape index (κ1) is 14.8. The van der Waals surface area contributed by atoms with Gasteiger partial charge in [0.15, 0.2) is 0 Å². The van der Waals surface area contributed by atoms with Crippen LogP contribution >= 0.6 is 0 Å². The van der Waals surface area contributed by atoms with Crippen LogP contribution in [0.1, 0.15) is 33.6 Å². The van der Waals surface area contributed by atoms with Gasteiger partial charge >= 0.3 is 0 Å². The molecule has 0 fully saturated rings. The number of hydrogen-bond acceptors (Lipinski definition) is 4. The van der Waals surface area contributed by atoms with Crippen molar-refractivity contribution in [3.05, 3.63) is 18.2 Å². The molecule has 0 bridgehead atoms. The molecule has 5 nitrogen and oxygen atoms in total. The largest absolute Gasteiger partial charge is 0.397 e. The molecule has 0 saturated carbocycles. The topological polar surface area (TPSA) is 98.2 Å². The number of rotatable bonds is 5. The highest BCUT2D eigenvalue weighted by atomic mass is 32.2. The number of nitrogen functional groups attached to an aromatic ring is 1. The highest BCUT2D eigenvalue weighted by molar-refractivity contribution is 7.89. The molecule has 1 rings (SSSR count). The van der Waals surface area contributed by atoms with Crippen LogP contribution in [0.25, 0.3) is 0 Å². The van der Waals surface area contributed by atoms with Gasteiger partial charge in [-0.2, -0.15) is 0 Å². The highest BCUT2D eigenvalue weighted by Gasteiger charge is 2.18. The summed E-state index contributed by atoms with van der Waals surface area (Å²) in [4.78, 5) is 0.0267. The van der Waals surface area contributed by atoms with Gasteiger partial charge in [-0.25, -0.2) is 13.6 Å². The summed E-state index contributed by atoms with van der Waals surface area (Å²) in [5.41, 5.74) is 6.85. The summed E-state index contributed by atoms with van der Waals surface area (Å²) < 4.78 is 22.4. The number of sulfonamides is 1. The Kier molecular flexibility index (Phi) is 4.24. The average Bonchev–Trinajstić information content (AvgIpc) is 2.19. The zero-order valence-corrected chi connectivity index (χ0v) is 11.8. The molecule has 0 aliphatic carbocycles. The average molecular weight is 271 g/mol. The summed E-state index contributed by atoms with van der Waals surface area (Å²) in [5.74, 6) is 0. The lowest BCUT2D eigenvalue weighted by Crippen LogP contribution is -2.30. The zero-order valence-electron chi connectivity index (χ0n) is 11.0. The van der Waals surface area contributed by atoms with Gasteiger partial charge in [-0.15, -0.1) is 0 Å². The Labute approximate surface area is 109 Å². The number of nitrogens with one attached hydrogen (secondary N) is 1. The molecule has 0 unspecified atom stereocenters. The van der Waals surface area contributed by atoms with E-state index in [-0.39, 0.29) is 10.4 Å². The van der Waals surface area contributed by atoms with Crippen LogP contribution in [0.5, 0.6) is 0 Å². The molecule has 1 aromatic rings. The van der Waals surface area contributed by atoms with Crippen molar-refractivity contribution in [3.8, 4) is 0 Å². The second-order valence-electron chi connectivity index (χ2n) is 5.05. The first-order chi connectivity index (χ1) is 8.15. The van der Waals surface area contributed by atoms with E-state index in [1.54, 1.807) is 6.07 Å². The number of nitrogens with two attached hydrogens (primary N) is 2. The molecule has 0 atom stereocenters. The second kappa shape index (κ2) is 5.16. The van der Waals surface area contributed by atoms with Crippen LogP contribution in [-0.4, -0.2) is 14.0 Å². The van der Waals surface area contributed by atoms with Gasteiger partial charge in [0.1, 0.15) is 0 Å². The fourth-order valence-electron chi connectivity index (χ4n) is 1.88. The third-order valence-corrected chi connectivity index (χ3v) is 3.61. The molecule has 6 heteroatoms. The number of anilines is 2. The van der Waals surface area contributed by atoms with Gasteiger partial charge in [0.2, 0.25) is 10.0 Å². The lowest BCUT2D eigenvalue weighted by molar-refractivity contribution is 0.511.